The Kier molecular flexibility index (Phi) is 10.4. The molecule has 1 heterocycles. The van der Waals surface area contributed by atoms with E-state index in [1.54, 1.807) is 11.3 Å². The minimum Gasteiger partial charge on any atom is -0.481 e. The maximum Gasteiger partial charge on any atom is 0.303 e. The molecule has 0 bridgehead atoms. The van der Waals surface area contributed by atoms with E-state index in [9.17, 15) is 15.0 Å². The Bertz CT molecular complexity index is 707. The van der Waals surface area contributed by atoms with Crippen LogP contribution in [0.25, 0.3) is 0 Å². The lowest BCUT2D eigenvalue weighted by molar-refractivity contribution is -0.137. The number of carboxylic acids is 1. The molecule has 0 spiro atoms. The molecule has 1 aliphatic carbocycles. The molecule has 1 aliphatic rings. The summed E-state index contributed by atoms with van der Waals surface area (Å²) in [6.45, 7) is 4.24. The van der Waals surface area contributed by atoms with Crippen LogP contribution in [0.4, 0.5) is 0 Å². The zero-order valence-electron chi connectivity index (χ0n) is 18.2. The van der Waals surface area contributed by atoms with Crippen LogP contribution in [0.1, 0.15) is 53.8 Å². The van der Waals surface area contributed by atoms with Gasteiger partial charge in [-0.1, -0.05) is 30.6 Å². The second kappa shape index (κ2) is 12.5. The molecule has 30 heavy (non-hydrogen) atoms. The van der Waals surface area contributed by atoms with E-state index in [1.165, 1.54) is 15.3 Å². The number of carboxylic acid groups (broad SMARTS) is 1. The Morgan fingerprint density at radius 2 is 2.13 bits per heavy atom. The minimum atomic E-state index is -0.770. The van der Waals surface area contributed by atoms with Crippen LogP contribution in [0.5, 0.6) is 0 Å². The van der Waals surface area contributed by atoms with Gasteiger partial charge in [0.2, 0.25) is 0 Å². The molecule has 2 radical (unpaired) electrons. The largest absolute Gasteiger partial charge is 0.481 e. The Labute approximate surface area is 186 Å². The SMILES string of the molecule is [B]C[C@@H]1CC(O)[C@H](CC=CCCCC(=O)O)[C@H]1C=C[C@@H](O)CCc1cc(C)c(C)s1. The van der Waals surface area contributed by atoms with Crippen LogP contribution in [0.15, 0.2) is 30.4 Å². The predicted octanol–water partition coefficient (Wildman–Crippen LogP) is 4.62. The van der Waals surface area contributed by atoms with Gasteiger partial charge in [0.05, 0.1) is 20.1 Å². The van der Waals surface area contributed by atoms with E-state index in [2.05, 4.69) is 26.0 Å². The first-order chi connectivity index (χ1) is 14.3. The van der Waals surface area contributed by atoms with Gasteiger partial charge in [-0.05, 0) is 81.8 Å². The maximum atomic E-state index is 10.6. The number of aliphatic hydroxyl groups excluding tert-OH is 2. The van der Waals surface area contributed by atoms with Gasteiger partial charge in [0, 0.05) is 16.2 Å². The lowest BCUT2D eigenvalue weighted by Crippen LogP contribution is -2.19. The van der Waals surface area contributed by atoms with E-state index in [4.69, 9.17) is 13.0 Å². The van der Waals surface area contributed by atoms with Gasteiger partial charge >= 0.3 is 5.97 Å². The molecule has 3 N–H and O–H groups in total. The molecule has 4 nitrogen and oxygen atoms in total. The zero-order chi connectivity index (χ0) is 22.1. The number of carbonyl (C=O) groups is 1. The van der Waals surface area contributed by atoms with Crippen LogP contribution >= 0.6 is 11.3 Å². The van der Waals surface area contributed by atoms with Gasteiger partial charge in [-0.2, -0.15) is 0 Å². The van der Waals surface area contributed by atoms with Crippen LogP contribution in [0, 0.1) is 31.6 Å². The fourth-order valence-corrected chi connectivity index (χ4v) is 5.34. The summed E-state index contributed by atoms with van der Waals surface area (Å²) in [4.78, 5) is 13.2. The van der Waals surface area contributed by atoms with Crippen molar-refractivity contribution in [3.05, 3.63) is 45.7 Å². The lowest BCUT2D eigenvalue weighted by Gasteiger charge is -2.21. The number of hydrogen-bond acceptors (Lipinski definition) is 4. The van der Waals surface area contributed by atoms with Crippen molar-refractivity contribution in [2.75, 3.05) is 0 Å². The highest BCUT2D eigenvalue weighted by Crippen LogP contribution is 2.42. The van der Waals surface area contributed by atoms with Gasteiger partial charge < -0.3 is 15.3 Å². The van der Waals surface area contributed by atoms with Gasteiger partial charge in [0.25, 0.3) is 0 Å². The number of aryl methyl sites for hydroxylation is 3. The molecule has 0 aromatic carbocycles. The predicted molar refractivity (Wildman–Crippen MR) is 124 cm³/mol. The number of rotatable bonds is 12. The Morgan fingerprint density at radius 3 is 2.77 bits per heavy atom. The molecule has 0 aliphatic heterocycles. The van der Waals surface area contributed by atoms with Crippen molar-refractivity contribution >= 4 is 25.2 Å². The highest BCUT2D eigenvalue weighted by atomic mass is 32.1. The van der Waals surface area contributed by atoms with Crippen molar-refractivity contribution in [3.63, 3.8) is 0 Å². The van der Waals surface area contributed by atoms with Crippen LogP contribution in [0.3, 0.4) is 0 Å². The molecule has 1 aromatic rings. The second-order valence-corrected chi connectivity index (χ2v) is 9.82. The Morgan fingerprint density at radius 1 is 1.37 bits per heavy atom. The first-order valence-corrected chi connectivity index (χ1v) is 11.8. The summed E-state index contributed by atoms with van der Waals surface area (Å²) in [6.07, 6.45) is 12.1. The number of aliphatic hydroxyl groups is 2. The normalized spacial score (nSPS) is 25.5. The molecule has 1 saturated carbocycles. The standard InChI is InChI=1S/C24H35BO4S/c1-16-13-20(30-17(16)2)11-9-19(26)10-12-21-18(15-25)14-23(27)22(21)7-5-3-4-6-8-24(28)29/h3,5,10,12-13,18-19,21-23,26-27H,4,6-9,11,14-15H2,1-2H3,(H,28,29)/t18-,19-,21-,22+,23?/m0/s1. The monoisotopic (exact) mass is 430 g/mol. The van der Waals surface area contributed by atoms with E-state index in [-0.39, 0.29) is 24.2 Å². The third-order valence-corrected chi connectivity index (χ3v) is 7.39. The van der Waals surface area contributed by atoms with Crippen molar-refractivity contribution in [1.29, 1.82) is 0 Å². The number of unbranched alkanes of at least 4 members (excludes halogenated alkanes) is 1. The first kappa shape index (κ1) is 24.9. The van der Waals surface area contributed by atoms with E-state index < -0.39 is 18.2 Å². The van der Waals surface area contributed by atoms with Crippen molar-refractivity contribution in [1.82, 2.24) is 0 Å². The Hall–Kier alpha value is -1.37. The summed E-state index contributed by atoms with van der Waals surface area (Å²) >= 11 is 1.80. The smallest absolute Gasteiger partial charge is 0.303 e. The van der Waals surface area contributed by atoms with Gasteiger partial charge in [-0.3, -0.25) is 4.79 Å². The van der Waals surface area contributed by atoms with E-state index in [0.29, 0.717) is 25.6 Å². The van der Waals surface area contributed by atoms with E-state index in [0.717, 1.165) is 19.3 Å². The van der Waals surface area contributed by atoms with Crippen molar-refractivity contribution < 1.29 is 20.1 Å². The van der Waals surface area contributed by atoms with Crippen molar-refractivity contribution in [3.8, 4) is 0 Å². The van der Waals surface area contributed by atoms with Gasteiger partial charge in [-0.25, -0.2) is 0 Å². The van der Waals surface area contributed by atoms with Gasteiger partial charge in [0.15, 0.2) is 0 Å². The van der Waals surface area contributed by atoms with Crippen molar-refractivity contribution in [2.45, 2.75) is 77.3 Å². The summed E-state index contributed by atoms with van der Waals surface area (Å²) in [5.41, 5.74) is 1.31. The average molecular weight is 430 g/mol. The Balaban J connectivity index is 1.88. The molecular formula is C24H35BO4S. The maximum absolute atomic E-state index is 10.6. The second-order valence-electron chi connectivity index (χ2n) is 8.48. The minimum absolute atomic E-state index is 0.0836. The molecular weight excluding hydrogens is 395 g/mol. The first-order valence-electron chi connectivity index (χ1n) is 11.0. The highest BCUT2D eigenvalue weighted by Gasteiger charge is 2.39. The summed E-state index contributed by atoms with van der Waals surface area (Å²) in [5, 5.41) is 29.6. The van der Waals surface area contributed by atoms with Gasteiger partial charge in [0.1, 0.15) is 0 Å². The topological polar surface area (TPSA) is 77.8 Å². The van der Waals surface area contributed by atoms with Crippen molar-refractivity contribution in [2.24, 2.45) is 17.8 Å². The van der Waals surface area contributed by atoms with Crippen LogP contribution in [-0.2, 0) is 11.2 Å². The van der Waals surface area contributed by atoms with Gasteiger partial charge in [-0.15, -0.1) is 11.3 Å². The third kappa shape index (κ3) is 7.71. The fraction of sp³-hybridized carbons (Fsp3) is 0.625. The number of hydrogen-bond donors (Lipinski definition) is 3. The molecule has 1 fully saturated rings. The molecule has 0 saturated heterocycles. The molecule has 6 heteroatoms. The molecule has 5 atom stereocenters. The zero-order valence-corrected chi connectivity index (χ0v) is 19.0. The third-order valence-electron chi connectivity index (χ3n) is 6.18. The van der Waals surface area contributed by atoms with E-state index in [1.807, 2.05) is 18.2 Å². The summed E-state index contributed by atoms with van der Waals surface area (Å²) in [6, 6.07) is 2.20. The van der Waals surface area contributed by atoms with Crippen LogP contribution in [0.2, 0.25) is 6.32 Å². The average Bonchev–Trinajstić information content (AvgIpc) is 3.19. The quantitative estimate of drug-likeness (QED) is 0.257. The number of aliphatic carboxylic acids is 1. The lowest BCUT2D eigenvalue weighted by atomic mass is 9.80. The summed E-state index contributed by atoms with van der Waals surface area (Å²) in [7, 11) is 5.95. The molecule has 0 amide bonds. The molecule has 164 valence electrons. The molecule has 2 rings (SSSR count). The number of allylic oxidation sites excluding steroid dienone is 3. The fourth-order valence-electron chi connectivity index (χ4n) is 4.27. The van der Waals surface area contributed by atoms with Crippen LogP contribution < -0.4 is 0 Å². The molecule has 1 unspecified atom stereocenters. The number of thiophene rings is 1. The summed E-state index contributed by atoms with van der Waals surface area (Å²) < 4.78 is 0. The molecule has 1 aromatic heterocycles. The van der Waals surface area contributed by atoms with E-state index >= 15 is 0 Å². The van der Waals surface area contributed by atoms with Crippen LogP contribution in [-0.4, -0.2) is 41.3 Å². The summed E-state index contributed by atoms with van der Waals surface area (Å²) in [5.74, 6) is -0.320. The highest BCUT2D eigenvalue weighted by molar-refractivity contribution is 7.12.